The first kappa shape index (κ1) is 14.5. The highest BCUT2D eigenvalue weighted by molar-refractivity contribution is 7.98. The van der Waals surface area contributed by atoms with Gasteiger partial charge in [0.15, 0.2) is 11.6 Å². The number of hydrogen-bond donors (Lipinski definition) is 0. The van der Waals surface area contributed by atoms with E-state index in [-0.39, 0.29) is 0 Å². The third-order valence-electron chi connectivity index (χ3n) is 3.05. The number of methoxy groups -OCH3 is 1. The Morgan fingerprint density at radius 1 is 1.00 bits per heavy atom. The van der Waals surface area contributed by atoms with Crippen molar-refractivity contribution in [1.82, 2.24) is 15.0 Å². The number of benzene rings is 1. The Labute approximate surface area is 133 Å². The molecule has 0 saturated heterocycles. The molecule has 0 aliphatic heterocycles. The van der Waals surface area contributed by atoms with Crippen LogP contribution in [0.1, 0.15) is 5.56 Å². The molecule has 0 fully saturated rings. The molecule has 2 aromatic heterocycles. The lowest BCUT2D eigenvalue weighted by molar-refractivity contribution is 0.398. The Morgan fingerprint density at radius 2 is 1.82 bits per heavy atom. The Morgan fingerprint density at radius 3 is 2.55 bits per heavy atom. The van der Waals surface area contributed by atoms with E-state index in [4.69, 9.17) is 4.74 Å². The molecule has 0 saturated carbocycles. The van der Waals surface area contributed by atoms with E-state index in [0.29, 0.717) is 11.6 Å². The molecule has 0 unspecified atom stereocenters. The summed E-state index contributed by atoms with van der Waals surface area (Å²) in [5.74, 6) is 2.12. The van der Waals surface area contributed by atoms with E-state index in [1.54, 1.807) is 31.3 Å². The first-order valence-corrected chi connectivity index (χ1v) is 7.84. The van der Waals surface area contributed by atoms with E-state index in [1.165, 1.54) is 5.56 Å². The summed E-state index contributed by atoms with van der Waals surface area (Å²) in [7, 11) is 1.63. The molecule has 0 amide bonds. The minimum atomic E-state index is 0.608. The molecule has 0 aliphatic carbocycles. The van der Waals surface area contributed by atoms with Gasteiger partial charge in [0.1, 0.15) is 10.7 Å². The van der Waals surface area contributed by atoms with E-state index in [9.17, 15) is 0 Å². The van der Waals surface area contributed by atoms with Crippen LogP contribution in [0.2, 0.25) is 0 Å². The molecule has 0 atom stereocenters. The van der Waals surface area contributed by atoms with Crippen molar-refractivity contribution in [1.29, 1.82) is 0 Å². The number of rotatable bonds is 5. The molecule has 0 bridgehead atoms. The molecule has 1 aromatic carbocycles. The quantitative estimate of drug-likeness (QED) is 0.529. The summed E-state index contributed by atoms with van der Waals surface area (Å²) in [6.45, 7) is 0. The second-order valence-corrected chi connectivity index (χ2v) is 5.52. The normalized spacial score (nSPS) is 10.4. The van der Waals surface area contributed by atoms with Crippen LogP contribution in [0.5, 0.6) is 5.75 Å². The summed E-state index contributed by atoms with van der Waals surface area (Å²) in [5, 5.41) is 0.821. The smallest absolute Gasteiger partial charge is 0.179 e. The zero-order chi connectivity index (χ0) is 15.2. The fraction of sp³-hybridized carbons (Fsp3) is 0.118. The predicted molar refractivity (Wildman–Crippen MR) is 87.8 cm³/mol. The van der Waals surface area contributed by atoms with Gasteiger partial charge in [-0.2, -0.15) is 0 Å². The zero-order valence-corrected chi connectivity index (χ0v) is 13.0. The summed E-state index contributed by atoms with van der Waals surface area (Å²) in [6.07, 6.45) is 3.43. The van der Waals surface area contributed by atoms with Crippen LogP contribution in [0.3, 0.4) is 0 Å². The fourth-order valence-electron chi connectivity index (χ4n) is 1.94. The first-order valence-electron chi connectivity index (χ1n) is 6.86. The second kappa shape index (κ2) is 7.04. The molecule has 0 N–H and O–H groups in total. The van der Waals surface area contributed by atoms with Crippen LogP contribution in [0.25, 0.3) is 11.5 Å². The molecule has 3 aromatic rings. The number of nitrogens with zero attached hydrogens (tertiary/aromatic N) is 3. The first-order chi connectivity index (χ1) is 10.9. The second-order valence-electron chi connectivity index (χ2n) is 4.56. The van der Waals surface area contributed by atoms with Gasteiger partial charge in [0.05, 0.1) is 13.3 Å². The lowest BCUT2D eigenvalue weighted by atomic mass is 10.2. The predicted octanol–water partition coefficient (Wildman–Crippen LogP) is 3.84. The van der Waals surface area contributed by atoms with Gasteiger partial charge in [-0.1, -0.05) is 48.2 Å². The highest BCUT2D eigenvalue weighted by atomic mass is 32.2. The SMILES string of the molecule is COc1cnc(-c2ccccn2)nc1SCc1ccccc1. The number of hydrogen-bond acceptors (Lipinski definition) is 5. The van der Waals surface area contributed by atoms with Crippen LogP contribution in [-0.4, -0.2) is 22.1 Å². The molecule has 5 heteroatoms. The highest BCUT2D eigenvalue weighted by Crippen LogP contribution is 2.30. The summed E-state index contributed by atoms with van der Waals surface area (Å²) in [5.41, 5.74) is 2.00. The van der Waals surface area contributed by atoms with Crippen molar-refractivity contribution in [3.63, 3.8) is 0 Å². The molecule has 2 heterocycles. The van der Waals surface area contributed by atoms with Crippen molar-refractivity contribution in [3.05, 3.63) is 66.5 Å². The van der Waals surface area contributed by atoms with Gasteiger partial charge < -0.3 is 4.74 Å². The minimum absolute atomic E-state index is 0.608. The Hall–Kier alpha value is -2.40. The maximum absolute atomic E-state index is 5.36. The number of aromatic nitrogens is 3. The van der Waals surface area contributed by atoms with Crippen LogP contribution in [0.15, 0.2) is 66.0 Å². The van der Waals surface area contributed by atoms with Crippen LogP contribution in [0.4, 0.5) is 0 Å². The molecule has 0 radical (unpaired) electrons. The van der Waals surface area contributed by atoms with Gasteiger partial charge in [-0.3, -0.25) is 4.98 Å². The number of pyridine rings is 1. The lowest BCUT2D eigenvalue weighted by Gasteiger charge is -2.08. The lowest BCUT2D eigenvalue weighted by Crippen LogP contribution is -1.97. The van der Waals surface area contributed by atoms with Gasteiger partial charge in [0.25, 0.3) is 0 Å². The molecule has 3 rings (SSSR count). The largest absolute Gasteiger partial charge is 0.492 e. The van der Waals surface area contributed by atoms with Crippen molar-refractivity contribution in [2.24, 2.45) is 0 Å². The summed E-state index contributed by atoms with van der Waals surface area (Å²) in [4.78, 5) is 13.2. The topological polar surface area (TPSA) is 47.9 Å². The molecule has 22 heavy (non-hydrogen) atoms. The van der Waals surface area contributed by atoms with Crippen LogP contribution < -0.4 is 4.74 Å². The van der Waals surface area contributed by atoms with Crippen molar-refractivity contribution < 1.29 is 4.74 Å². The van der Waals surface area contributed by atoms with E-state index < -0.39 is 0 Å². The molecule has 4 nitrogen and oxygen atoms in total. The molecular formula is C17H15N3OS. The number of thioether (sulfide) groups is 1. The highest BCUT2D eigenvalue weighted by Gasteiger charge is 2.10. The maximum Gasteiger partial charge on any atom is 0.179 e. The van der Waals surface area contributed by atoms with Crippen LogP contribution in [-0.2, 0) is 5.75 Å². The summed E-state index contributed by atoms with van der Waals surface area (Å²) >= 11 is 1.63. The molecule has 0 spiro atoms. The Kier molecular flexibility index (Phi) is 4.65. The third kappa shape index (κ3) is 3.43. The van der Waals surface area contributed by atoms with Crippen LogP contribution in [0, 0.1) is 0 Å². The van der Waals surface area contributed by atoms with Crippen molar-refractivity contribution in [2.45, 2.75) is 10.8 Å². The van der Waals surface area contributed by atoms with Gasteiger partial charge in [-0.25, -0.2) is 9.97 Å². The van der Waals surface area contributed by atoms with Gasteiger partial charge in [0, 0.05) is 11.9 Å². The Bertz CT molecular complexity index is 735. The van der Waals surface area contributed by atoms with E-state index >= 15 is 0 Å². The Balaban J connectivity index is 1.85. The molecule has 0 aliphatic rings. The summed E-state index contributed by atoms with van der Waals surface area (Å²) < 4.78 is 5.36. The monoisotopic (exact) mass is 309 g/mol. The molecule has 110 valence electrons. The third-order valence-corrected chi connectivity index (χ3v) is 4.10. The van der Waals surface area contributed by atoms with E-state index in [0.717, 1.165) is 16.5 Å². The fourth-order valence-corrected chi connectivity index (χ4v) is 2.87. The van der Waals surface area contributed by atoms with Crippen molar-refractivity contribution in [2.75, 3.05) is 7.11 Å². The van der Waals surface area contributed by atoms with Gasteiger partial charge >= 0.3 is 0 Å². The number of ether oxygens (including phenoxy) is 1. The van der Waals surface area contributed by atoms with Crippen molar-refractivity contribution in [3.8, 4) is 17.3 Å². The molecular weight excluding hydrogens is 294 g/mol. The van der Waals surface area contributed by atoms with E-state index in [1.807, 2.05) is 36.4 Å². The zero-order valence-electron chi connectivity index (χ0n) is 12.1. The summed E-state index contributed by atoms with van der Waals surface area (Å²) in [6, 6.07) is 16.0. The minimum Gasteiger partial charge on any atom is -0.492 e. The van der Waals surface area contributed by atoms with Gasteiger partial charge in [-0.15, -0.1) is 0 Å². The maximum atomic E-state index is 5.36. The average molecular weight is 309 g/mol. The van der Waals surface area contributed by atoms with Crippen LogP contribution >= 0.6 is 11.8 Å². The standard InChI is InChI=1S/C17H15N3OS/c1-21-15-11-19-16(14-9-5-6-10-18-14)20-17(15)22-12-13-7-3-2-4-8-13/h2-11H,12H2,1H3. The van der Waals surface area contributed by atoms with E-state index in [2.05, 4.69) is 27.1 Å². The van der Waals surface area contributed by atoms with Gasteiger partial charge in [0.2, 0.25) is 0 Å². The van der Waals surface area contributed by atoms with Gasteiger partial charge in [-0.05, 0) is 17.7 Å². The van der Waals surface area contributed by atoms with Crippen molar-refractivity contribution >= 4 is 11.8 Å². The average Bonchev–Trinajstić information content (AvgIpc) is 2.61.